The zero-order chi connectivity index (χ0) is 45.7. The highest BCUT2D eigenvalue weighted by molar-refractivity contribution is 6.18. The smallest absolute Gasteiger partial charge is 0.0619 e. The summed E-state index contributed by atoms with van der Waals surface area (Å²) < 4.78 is 4.90. The largest absolute Gasteiger partial charge is 0.311 e. The van der Waals surface area contributed by atoms with E-state index in [4.69, 9.17) is 0 Å². The normalized spacial score (nSPS) is 11.5. The molecule has 0 aliphatic carbocycles. The summed E-state index contributed by atoms with van der Waals surface area (Å²) in [6, 6.07) is 99.0. The molecule has 0 bridgehead atoms. The average Bonchev–Trinajstić information content (AvgIpc) is 3.95. The van der Waals surface area contributed by atoms with Gasteiger partial charge in [-0.15, -0.1) is 0 Å². The van der Waals surface area contributed by atoms with Gasteiger partial charge in [0.2, 0.25) is 0 Å². The predicted octanol–water partition coefficient (Wildman–Crippen LogP) is 18.0. The van der Waals surface area contributed by atoms with Gasteiger partial charge in [-0.2, -0.15) is 0 Å². The van der Waals surface area contributed by atoms with E-state index in [0.717, 1.165) is 34.0 Å². The highest BCUT2D eigenvalue weighted by atomic mass is 15.1. The summed E-state index contributed by atoms with van der Waals surface area (Å²) in [5, 5.41) is 4.93. The van der Waals surface area contributed by atoms with Gasteiger partial charge in [-0.05, 0) is 106 Å². The highest BCUT2D eigenvalue weighted by Crippen LogP contribution is 2.44. The Hall–Kier alpha value is -9.18. The van der Waals surface area contributed by atoms with Crippen LogP contribution in [0.15, 0.2) is 273 Å². The van der Waals surface area contributed by atoms with Crippen molar-refractivity contribution in [2.75, 3.05) is 4.90 Å². The monoisotopic (exact) mass is 879 g/mol. The van der Waals surface area contributed by atoms with Gasteiger partial charge in [0.25, 0.3) is 0 Å². The average molecular weight is 880 g/mol. The fraction of sp³-hybridized carbons (Fsp3) is 0. The van der Waals surface area contributed by atoms with E-state index in [1.165, 1.54) is 82.6 Å². The lowest BCUT2D eigenvalue weighted by Gasteiger charge is -2.26. The van der Waals surface area contributed by atoms with Crippen molar-refractivity contribution in [3.63, 3.8) is 0 Å². The number of nitrogens with zero attached hydrogens (tertiary/aromatic N) is 3. The van der Waals surface area contributed by atoms with E-state index >= 15 is 0 Å². The van der Waals surface area contributed by atoms with Gasteiger partial charge >= 0.3 is 0 Å². The third-order valence-corrected chi connectivity index (χ3v) is 13.7. The fourth-order valence-electron chi connectivity index (χ4n) is 10.5. The van der Waals surface area contributed by atoms with Gasteiger partial charge in [-0.1, -0.05) is 200 Å². The second-order valence-corrected chi connectivity index (χ2v) is 17.7. The minimum absolute atomic E-state index is 1.08. The van der Waals surface area contributed by atoms with E-state index in [1.807, 2.05) is 0 Å². The first-order valence-corrected chi connectivity index (χ1v) is 23.7. The van der Waals surface area contributed by atoms with Gasteiger partial charge in [0.1, 0.15) is 0 Å². The van der Waals surface area contributed by atoms with Crippen molar-refractivity contribution in [1.29, 1.82) is 0 Å². The number of aromatic nitrogens is 2. The molecule has 0 radical (unpaired) electrons. The van der Waals surface area contributed by atoms with Crippen molar-refractivity contribution in [3.8, 4) is 55.9 Å². The predicted molar refractivity (Wildman–Crippen MR) is 292 cm³/mol. The second kappa shape index (κ2) is 16.9. The zero-order valence-corrected chi connectivity index (χ0v) is 37.8. The number of hydrogen-bond donors (Lipinski definition) is 0. The lowest BCUT2D eigenvalue weighted by molar-refractivity contribution is 1.18. The van der Waals surface area contributed by atoms with Crippen molar-refractivity contribution in [2.24, 2.45) is 0 Å². The lowest BCUT2D eigenvalue weighted by Crippen LogP contribution is -2.09. The molecule has 13 aromatic rings. The molecule has 0 atom stereocenters. The van der Waals surface area contributed by atoms with Crippen molar-refractivity contribution >= 4 is 60.7 Å². The van der Waals surface area contributed by atoms with Crippen LogP contribution in [-0.4, -0.2) is 9.13 Å². The maximum atomic E-state index is 2.50. The molecule has 0 spiro atoms. The van der Waals surface area contributed by atoms with Crippen LogP contribution >= 0.6 is 0 Å². The minimum atomic E-state index is 1.08. The number of fused-ring (bicyclic) bond motifs is 6. The van der Waals surface area contributed by atoms with E-state index in [-0.39, 0.29) is 0 Å². The molecule has 3 heteroatoms. The number of benzene rings is 11. The van der Waals surface area contributed by atoms with E-state index < -0.39 is 0 Å². The van der Waals surface area contributed by atoms with Gasteiger partial charge in [0.15, 0.2) is 0 Å². The highest BCUT2D eigenvalue weighted by Gasteiger charge is 2.22. The van der Waals surface area contributed by atoms with Crippen LogP contribution in [0.4, 0.5) is 17.1 Å². The van der Waals surface area contributed by atoms with Gasteiger partial charge < -0.3 is 14.0 Å². The molecule has 0 N–H and O–H groups in total. The molecule has 0 unspecified atom stereocenters. The maximum absolute atomic E-state index is 2.50. The Morgan fingerprint density at radius 1 is 0.232 bits per heavy atom. The Bertz CT molecular complexity index is 3860. The SMILES string of the molecule is c1ccc(-c2ccc(N(c3ccc(-c4ccccc4)cc3)c3ccc(-c4cccc5c6cccc(-c7ccc8c9ccccc9n(-c9ccccc9)c8c7)c6n(-c6ccccc6)c45)cc3)cc2)cc1. The van der Waals surface area contributed by atoms with E-state index in [9.17, 15) is 0 Å². The lowest BCUT2D eigenvalue weighted by atomic mass is 9.99. The van der Waals surface area contributed by atoms with Crippen molar-refractivity contribution in [2.45, 2.75) is 0 Å². The van der Waals surface area contributed by atoms with Crippen LogP contribution in [0, 0.1) is 0 Å². The van der Waals surface area contributed by atoms with Crippen LogP contribution in [0.1, 0.15) is 0 Å². The molecule has 0 saturated heterocycles. The van der Waals surface area contributed by atoms with Gasteiger partial charge in [-0.3, -0.25) is 0 Å². The Morgan fingerprint density at radius 3 is 1.13 bits per heavy atom. The summed E-state index contributed by atoms with van der Waals surface area (Å²) in [5.41, 5.74) is 19.8. The maximum Gasteiger partial charge on any atom is 0.0619 e. The molecular formula is C66H45N3. The molecule has 0 aliphatic rings. The zero-order valence-electron chi connectivity index (χ0n) is 37.8. The van der Waals surface area contributed by atoms with Crippen LogP contribution in [0.25, 0.3) is 99.5 Å². The summed E-state index contributed by atoms with van der Waals surface area (Å²) in [6.07, 6.45) is 0. The van der Waals surface area contributed by atoms with E-state index in [0.29, 0.717) is 0 Å². The molecule has 0 saturated carbocycles. The number of hydrogen-bond acceptors (Lipinski definition) is 1. The molecule has 11 aromatic carbocycles. The van der Waals surface area contributed by atoms with Crippen LogP contribution in [0.5, 0.6) is 0 Å². The Balaban J connectivity index is 0.962. The first kappa shape index (κ1) is 40.1. The number of rotatable bonds is 9. The van der Waals surface area contributed by atoms with Crippen LogP contribution < -0.4 is 4.90 Å². The fourth-order valence-corrected chi connectivity index (χ4v) is 10.5. The molecule has 2 aromatic heterocycles. The summed E-state index contributed by atoms with van der Waals surface area (Å²) in [4.78, 5) is 2.36. The first-order valence-electron chi connectivity index (χ1n) is 23.7. The second-order valence-electron chi connectivity index (χ2n) is 17.7. The molecule has 2 heterocycles. The first-order chi connectivity index (χ1) is 34.2. The molecular weight excluding hydrogens is 835 g/mol. The Kier molecular flexibility index (Phi) is 9.84. The van der Waals surface area contributed by atoms with Crippen LogP contribution in [0.2, 0.25) is 0 Å². The van der Waals surface area contributed by atoms with Crippen molar-refractivity contribution in [3.05, 3.63) is 273 Å². The summed E-state index contributed by atoms with van der Waals surface area (Å²) in [5.74, 6) is 0. The molecule has 0 amide bonds. The van der Waals surface area contributed by atoms with Crippen LogP contribution in [0.3, 0.4) is 0 Å². The number of anilines is 3. The van der Waals surface area contributed by atoms with Crippen molar-refractivity contribution in [1.82, 2.24) is 9.13 Å². The number of para-hydroxylation sites is 5. The summed E-state index contributed by atoms with van der Waals surface area (Å²) >= 11 is 0. The quantitative estimate of drug-likeness (QED) is 0.141. The van der Waals surface area contributed by atoms with E-state index in [2.05, 4.69) is 287 Å². The van der Waals surface area contributed by atoms with Gasteiger partial charge in [0, 0.05) is 61.1 Å². The molecule has 0 fully saturated rings. The van der Waals surface area contributed by atoms with E-state index in [1.54, 1.807) is 0 Å². The Morgan fingerprint density at radius 2 is 0.609 bits per heavy atom. The van der Waals surface area contributed by atoms with Crippen molar-refractivity contribution < 1.29 is 0 Å². The topological polar surface area (TPSA) is 13.1 Å². The van der Waals surface area contributed by atoms with Gasteiger partial charge in [-0.25, -0.2) is 0 Å². The molecule has 324 valence electrons. The molecule has 13 rings (SSSR count). The van der Waals surface area contributed by atoms with Crippen LogP contribution in [-0.2, 0) is 0 Å². The summed E-state index contributed by atoms with van der Waals surface area (Å²) in [7, 11) is 0. The molecule has 0 aliphatic heterocycles. The van der Waals surface area contributed by atoms with Gasteiger partial charge in [0.05, 0.1) is 22.1 Å². The summed E-state index contributed by atoms with van der Waals surface area (Å²) in [6.45, 7) is 0. The minimum Gasteiger partial charge on any atom is -0.311 e. The molecule has 3 nitrogen and oxygen atoms in total. The third kappa shape index (κ3) is 6.99. The third-order valence-electron chi connectivity index (χ3n) is 13.7. The standard InChI is InChI=1S/C66H45N3/c1-5-17-46(18-6-1)48-31-38-54(39-32-48)67(55-40-33-49(34-41-55)47-19-7-2-8-20-47)56-42-35-50(36-43-56)57-26-15-28-61-62-29-16-27-58(66(62)69(65(57)61)53-23-11-4-12-24-53)51-37-44-60-59-25-13-14-30-63(59)68(64(60)45-51)52-21-9-3-10-22-52/h1-45H. The molecule has 69 heavy (non-hydrogen) atoms. The Labute approximate surface area is 401 Å².